The fourth-order valence-corrected chi connectivity index (χ4v) is 3.43. The lowest BCUT2D eigenvalue weighted by molar-refractivity contribution is -0.132. The summed E-state index contributed by atoms with van der Waals surface area (Å²) >= 11 is 0. The normalized spacial score (nSPS) is 17.5. The van der Waals surface area contributed by atoms with Gasteiger partial charge in [-0.3, -0.25) is 4.79 Å². The van der Waals surface area contributed by atoms with E-state index >= 15 is 0 Å². The minimum absolute atomic E-state index is 0.0989. The third-order valence-electron chi connectivity index (χ3n) is 4.85. The molecule has 1 aliphatic heterocycles. The molecule has 136 valence electrons. The Hall–Kier alpha value is -2.70. The summed E-state index contributed by atoms with van der Waals surface area (Å²) in [6.45, 7) is 4.79. The molecule has 1 N–H and O–H groups in total. The van der Waals surface area contributed by atoms with Gasteiger partial charge in [0.25, 0.3) is 0 Å². The van der Waals surface area contributed by atoms with E-state index in [2.05, 4.69) is 20.1 Å². The first-order valence-electron chi connectivity index (χ1n) is 9.18. The Morgan fingerprint density at radius 3 is 2.96 bits per heavy atom. The molecule has 0 unspecified atom stereocenters. The number of nitrogens with zero attached hydrogens (tertiary/aromatic N) is 4. The molecule has 0 aliphatic carbocycles. The molecule has 1 saturated heterocycles. The molecule has 0 bridgehead atoms. The Morgan fingerprint density at radius 2 is 2.19 bits per heavy atom. The number of aryl methyl sites for hydroxylation is 1. The van der Waals surface area contributed by atoms with E-state index in [1.807, 2.05) is 43.0 Å². The van der Waals surface area contributed by atoms with Crippen LogP contribution in [0.1, 0.15) is 62.6 Å². The van der Waals surface area contributed by atoms with Gasteiger partial charge in [-0.1, -0.05) is 31.1 Å². The van der Waals surface area contributed by atoms with Gasteiger partial charge in [0.15, 0.2) is 5.82 Å². The zero-order valence-electron chi connectivity index (χ0n) is 15.1. The molecule has 1 fully saturated rings. The van der Waals surface area contributed by atoms with Gasteiger partial charge >= 0.3 is 0 Å². The van der Waals surface area contributed by atoms with Gasteiger partial charge in [0.05, 0.1) is 11.0 Å². The molecule has 7 heteroatoms. The second kappa shape index (κ2) is 6.90. The summed E-state index contributed by atoms with van der Waals surface area (Å²) in [5, 5.41) is 4.03. The first-order chi connectivity index (χ1) is 12.6. The summed E-state index contributed by atoms with van der Waals surface area (Å²) in [7, 11) is 0. The molecule has 26 heavy (non-hydrogen) atoms. The molecule has 0 radical (unpaired) electrons. The summed E-state index contributed by atoms with van der Waals surface area (Å²) < 4.78 is 5.42. The summed E-state index contributed by atoms with van der Waals surface area (Å²) in [6.07, 6.45) is 2.84. The fourth-order valence-electron chi connectivity index (χ4n) is 3.43. The number of benzene rings is 1. The van der Waals surface area contributed by atoms with Crippen LogP contribution in [-0.2, 0) is 11.2 Å². The molecule has 0 saturated carbocycles. The molecule has 4 rings (SSSR count). The van der Waals surface area contributed by atoms with E-state index in [0.29, 0.717) is 24.6 Å². The standard InChI is InChI=1S/C19H23N5O2/c1-12(2)18-22-19(26-23-18)15-8-5-11-24(15)17(25)10-9-16-20-13-6-3-4-7-14(13)21-16/h3-4,6-7,12,15H,5,8-11H2,1-2H3,(H,20,21)/t15-/m0/s1. The third-order valence-corrected chi connectivity index (χ3v) is 4.85. The van der Waals surface area contributed by atoms with E-state index in [4.69, 9.17) is 4.52 Å². The number of aromatic amines is 1. The van der Waals surface area contributed by atoms with Crippen LogP contribution in [0.4, 0.5) is 0 Å². The van der Waals surface area contributed by atoms with Gasteiger partial charge in [0.1, 0.15) is 11.9 Å². The monoisotopic (exact) mass is 353 g/mol. The average molecular weight is 353 g/mol. The van der Waals surface area contributed by atoms with Crippen LogP contribution in [0.2, 0.25) is 0 Å². The number of para-hydroxylation sites is 2. The lowest BCUT2D eigenvalue weighted by Crippen LogP contribution is -2.31. The van der Waals surface area contributed by atoms with Gasteiger partial charge in [-0.2, -0.15) is 4.98 Å². The fraction of sp³-hybridized carbons (Fsp3) is 0.474. The molecule has 3 heterocycles. The zero-order chi connectivity index (χ0) is 18.1. The summed E-state index contributed by atoms with van der Waals surface area (Å²) in [5.41, 5.74) is 1.93. The van der Waals surface area contributed by atoms with Crippen LogP contribution in [0.3, 0.4) is 0 Å². The Morgan fingerprint density at radius 1 is 1.35 bits per heavy atom. The third kappa shape index (κ3) is 3.21. The molecule has 1 aromatic carbocycles. The van der Waals surface area contributed by atoms with Crippen LogP contribution < -0.4 is 0 Å². The van der Waals surface area contributed by atoms with Crippen LogP contribution in [0.25, 0.3) is 11.0 Å². The Balaban J connectivity index is 1.42. The number of likely N-dealkylation sites (tertiary alicyclic amines) is 1. The Kier molecular flexibility index (Phi) is 4.44. The number of rotatable bonds is 5. The van der Waals surface area contributed by atoms with Crippen LogP contribution in [-0.4, -0.2) is 37.5 Å². The number of hydrogen-bond donors (Lipinski definition) is 1. The predicted molar refractivity (Wildman–Crippen MR) is 96.5 cm³/mol. The quantitative estimate of drug-likeness (QED) is 0.760. The molecular formula is C19H23N5O2. The summed E-state index contributed by atoms with van der Waals surface area (Å²) in [5.74, 6) is 2.42. The van der Waals surface area contributed by atoms with Gasteiger partial charge in [-0.05, 0) is 25.0 Å². The SMILES string of the molecule is CC(C)c1noc([C@@H]2CCCN2C(=O)CCc2nc3ccccc3[nH]2)n1. The molecular weight excluding hydrogens is 330 g/mol. The van der Waals surface area contributed by atoms with Crippen molar-refractivity contribution in [1.82, 2.24) is 25.0 Å². The number of H-pyrrole nitrogens is 1. The number of carbonyl (C=O) groups excluding carboxylic acids is 1. The van der Waals surface area contributed by atoms with Crippen molar-refractivity contribution >= 4 is 16.9 Å². The number of aromatic nitrogens is 4. The highest BCUT2D eigenvalue weighted by Crippen LogP contribution is 2.32. The van der Waals surface area contributed by atoms with Crippen molar-refractivity contribution < 1.29 is 9.32 Å². The lowest BCUT2D eigenvalue weighted by Gasteiger charge is -2.21. The topological polar surface area (TPSA) is 87.9 Å². The first kappa shape index (κ1) is 16.8. The largest absolute Gasteiger partial charge is 0.342 e. The van der Waals surface area contributed by atoms with Crippen molar-refractivity contribution in [2.75, 3.05) is 6.54 Å². The molecule has 7 nitrogen and oxygen atoms in total. The smallest absolute Gasteiger partial charge is 0.249 e. The van der Waals surface area contributed by atoms with E-state index in [9.17, 15) is 4.79 Å². The second-order valence-corrected chi connectivity index (χ2v) is 7.09. The van der Waals surface area contributed by atoms with Crippen LogP contribution in [0, 0.1) is 0 Å². The van der Waals surface area contributed by atoms with Gasteiger partial charge in [0.2, 0.25) is 11.8 Å². The molecule has 1 aliphatic rings. The molecule has 1 amide bonds. The highest BCUT2D eigenvalue weighted by atomic mass is 16.5. The molecule has 3 aromatic rings. The highest BCUT2D eigenvalue weighted by molar-refractivity contribution is 5.78. The number of hydrogen-bond acceptors (Lipinski definition) is 5. The number of imidazole rings is 1. The maximum atomic E-state index is 12.8. The van der Waals surface area contributed by atoms with E-state index in [1.54, 1.807) is 0 Å². The maximum absolute atomic E-state index is 12.8. The lowest BCUT2D eigenvalue weighted by atomic mass is 10.2. The molecule has 1 atom stereocenters. The van der Waals surface area contributed by atoms with Gasteiger partial charge in [-0.15, -0.1) is 0 Å². The molecule has 0 spiro atoms. The summed E-state index contributed by atoms with van der Waals surface area (Å²) in [6, 6.07) is 7.79. The van der Waals surface area contributed by atoms with E-state index in [1.165, 1.54) is 0 Å². The van der Waals surface area contributed by atoms with Gasteiger partial charge < -0.3 is 14.4 Å². The first-order valence-corrected chi connectivity index (χ1v) is 9.18. The van der Waals surface area contributed by atoms with Crippen molar-refractivity contribution in [2.24, 2.45) is 0 Å². The van der Waals surface area contributed by atoms with E-state index < -0.39 is 0 Å². The van der Waals surface area contributed by atoms with Crippen LogP contribution >= 0.6 is 0 Å². The van der Waals surface area contributed by atoms with E-state index in [0.717, 1.165) is 36.2 Å². The van der Waals surface area contributed by atoms with Crippen LogP contribution in [0.5, 0.6) is 0 Å². The minimum atomic E-state index is -0.0989. The Labute approximate surface area is 151 Å². The van der Waals surface area contributed by atoms with Crippen LogP contribution in [0.15, 0.2) is 28.8 Å². The predicted octanol–water partition coefficient (Wildman–Crippen LogP) is 3.37. The Bertz CT molecular complexity index is 880. The number of fused-ring (bicyclic) bond motifs is 1. The summed E-state index contributed by atoms with van der Waals surface area (Å²) in [4.78, 5) is 26.9. The van der Waals surface area contributed by atoms with Crippen molar-refractivity contribution in [2.45, 2.75) is 51.5 Å². The second-order valence-electron chi connectivity index (χ2n) is 7.09. The van der Waals surface area contributed by atoms with Crippen molar-refractivity contribution in [3.63, 3.8) is 0 Å². The van der Waals surface area contributed by atoms with E-state index in [-0.39, 0.29) is 17.9 Å². The zero-order valence-corrected chi connectivity index (χ0v) is 15.1. The van der Waals surface area contributed by atoms with Crippen molar-refractivity contribution in [3.05, 3.63) is 41.8 Å². The van der Waals surface area contributed by atoms with Crippen molar-refractivity contribution in [1.29, 1.82) is 0 Å². The number of amides is 1. The van der Waals surface area contributed by atoms with Gasteiger partial charge in [0, 0.05) is 25.3 Å². The average Bonchev–Trinajstić information content (AvgIpc) is 3.37. The minimum Gasteiger partial charge on any atom is -0.342 e. The van der Waals surface area contributed by atoms with Crippen molar-refractivity contribution in [3.8, 4) is 0 Å². The number of carbonyl (C=O) groups is 1. The number of nitrogens with one attached hydrogen (secondary N) is 1. The highest BCUT2D eigenvalue weighted by Gasteiger charge is 2.34. The maximum Gasteiger partial charge on any atom is 0.249 e. The van der Waals surface area contributed by atoms with Gasteiger partial charge in [-0.25, -0.2) is 4.98 Å². The molecule has 2 aromatic heterocycles.